The number of amides is 1. The number of aromatic nitrogens is 4. The maximum Gasteiger partial charge on any atom is 0.261 e. The van der Waals surface area contributed by atoms with Crippen molar-refractivity contribution in [1.29, 1.82) is 0 Å². The molecule has 0 aliphatic heterocycles. The van der Waals surface area contributed by atoms with Gasteiger partial charge in [-0.3, -0.25) is 4.79 Å². The van der Waals surface area contributed by atoms with E-state index in [9.17, 15) is 4.79 Å². The third kappa shape index (κ3) is 4.04. The molecule has 0 saturated heterocycles. The van der Waals surface area contributed by atoms with Crippen LogP contribution in [-0.4, -0.2) is 25.2 Å². The van der Waals surface area contributed by atoms with Crippen LogP contribution in [-0.2, 0) is 13.1 Å². The molecule has 0 atom stereocenters. The monoisotopic (exact) mass is 461 g/mol. The molecule has 5 aromatic rings. The van der Waals surface area contributed by atoms with Crippen molar-refractivity contribution in [1.82, 2.24) is 24.6 Å². The average molecular weight is 462 g/mol. The minimum absolute atomic E-state index is 0.101. The lowest BCUT2D eigenvalue weighted by Gasteiger charge is -2.07. The van der Waals surface area contributed by atoms with Gasteiger partial charge in [0.2, 0.25) is 0 Å². The van der Waals surface area contributed by atoms with Crippen LogP contribution in [0.3, 0.4) is 0 Å². The fraction of sp³-hybridized carbons (Fsp3) is 0.125. The first-order valence-corrected chi connectivity index (χ1v) is 11.3. The first-order valence-electron chi connectivity index (χ1n) is 10.1. The van der Waals surface area contributed by atoms with Gasteiger partial charge in [0.05, 0.1) is 27.6 Å². The number of fused-ring (bicyclic) bond motifs is 1. The van der Waals surface area contributed by atoms with Crippen molar-refractivity contribution < 1.29 is 4.79 Å². The molecule has 0 aliphatic carbocycles. The summed E-state index contributed by atoms with van der Waals surface area (Å²) in [6.07, 6.45) is 5.49. The number of thiophene rings is 1. The van der Waals surface area contributed by atoms with Gasteiger partial charge in [-0.15, -0.1) is 11.3 Å². The summed E-state index contributed by atoms with van der Waals surface area (Å²) in [6, 6.07) is 17.7. The van der Waals surface area contributed by atoms with Gasteiger partial charge >= 0.3 is 0 Å². The van der Waals surface area contributed by atoms with Crippen LogP contribution >= 0.6 is 22.9 Å². The number of hydrogen-bond donors (Lipinski definition) is 1. The Labute approximate surface area is 194 Å². The summed E-state index contributed by atoms with van der Waals surface area (Å²) in [6.45, 7) is 3.15. The maximum absolute atomic E-state index is 12.9. The van der Waals surface area contributed by atoms with Crippen LogP contribution in [0.2, 0.25) is 5.02 Å². The number of nitrogens with zero attached hydrogens (tertiary/aromatic N) is 4. The van der Waals surface area contributed by atoms with Crippen molar-refractivity contribution in [3.63, 3.8) is 0 Å². The summed E-state index contributed by atoms with van der Waals surface area (Å²) in [5.74, 6) is -0.101. The van der Waals surface area contributed by atoms with Gasteiger partial charge < -0.3 is 9.88 Å². The van der Waals surface area contributed by atoms with Crippen LogP contribution in [0.25, 0.3) is 15.9 Å². The van der Waals surface area contributed by atoms with Crippen molar-refractivity contribution in [2.45, 2.75) is 20.0 Å². The fourth-order valence-corrected chi connectivity index (χ4v) is 4.95. The van der Waals surface area contributed by atoms with Crippen molar-refractivity contribution in [3.8, 4) is 5.69 Å². The first-order chi connectivity index (χ1) is 15.6. The van der Waals surface area contributed by atoms with E-state index in [-0.39, 0.29) is 5.91 Å². The lowest BCUT2D eigenvalue weighted by atomic mass is 10.1. The second-order valence-corrected chi connectivity index (χ2v) is 8.95. The van der Waals surface area contributed by atoms with E-state index in [1.54, 1.807) is 12.5 Å². The van der Waals surface area contributed by atoms with E-state index in [4.69, 9.17) is 11.6 Å². The number of hydrogen-bond acceptors (Lipinski definition) is 4. The number of carbonyl (C=O) groups excluding carboxylic acids is 1. The highest BCUT2D eigenvalue weighted by atomic mass is 35.5. The summed E-state index contributed by atoms with van der Waals surface area (Å²) in [5.41, 5.74) is 3.88. The summed E-state index contributed by atoms with van der Waals surface area (Å²) < 4.78 is 3.83. The Hall–Kier alpha value is -3.42. The van der Waals surface area contributed by atoms with E-state index in [0.29, 0.717) is 16.4 Å². The highest BCUT2D eigenvalue weighted by molar-refractivity contribution is 7.20. The van der Waals surface area contributed by atoms with Crippen molar-refractivity contribution in [3.05, 3.63) is 100 Å². The Kier molecular flexibility index (Phi) is 5.51. The second-order valence-electron chi connectivity index (χ2n) is 7.52. The third-order valence-corrected chi connectivity index (χ3v) is 6.65. The Morgan fingerprint density at radius 3 is 2.78 bits per heavy atom. The molecule has 2 aromatic carbocycles. The lowest BCUT2D eigenvalue weighted by molar-refractivity contribution is 0.0955. The minimum Gasteiger partial charge on any atom is -0.347 e. The van der Waals surface area contributed by atoms with Crippen molar-refractivity contribution in [2.24, 2.45) is 0 Å². The molecule has 0 spiro atoms. The first kappa shape index (κ1) is 20.5. The lowest BCUT2D eigenvalue weighted by Crippen LogP contribution is -2.21. The molecular weight excluding hydrogens is 442 g/mol. The van der Waals surface area contributed by atoms with Crippen LogP contribution in [0.1, 0.15) is 26.5 Å². The number of halogens is 1. The van der Waals surface area contributed by atoms with Crippen LogP contribution < -0.4 is 5.32 Å². The summed E-state index contributed by atoms with van der Waals surface area (Å²) in [7, 11) is 0. The van der Waals surface area contributed by atoms with E-state index in [2.05, 4.69) is 27.5 Å². The predicted octanol–water partition coefficient (Wildman–Crippen LogP) is 5.22. The molecule has 160 valence electrons. The number of benzene rings is 2. The summed E-state index contributed by atoms with van der Waals surface area (Å²) >= 11 is 7.79. The zero-order chi connectivity index (χ0) is 22.1. The largest absolute Gasteiger partial charge is 0.347 e. The topological polar surface area (TPSA) is 64.7 Å². The molecular formula is C24H20ClN5OS. The molecule has 5 rings (SSSR count). The summed E-state index contributed by atoms with van der Waals surface area (Å²) in [4.78, 5) is 18.5. The van der Waals surface area contributed by atoms with Crippen LogP contribution in [0.15, 0.2) is 73.3 Å². The molecule has 0 saturated carbocycles. The number of nitrogens with one attached hydrogen (secondary N) is 1. The van der Waals surface area contributed by atoms with E-state index < -0.39 is 0 Å². The number of rotatable bonds is 6. The van der Waals surface area contributed by atoms with E-state index >= 15 is 0 Å². The normalized spacial score (nSPS) is 11.2. The molecule has 0 unspecified atom stereocenters. The van der Waals surface area contributed by atoms with Gasteiger partial charge in [-0.1, -0.05) is 48.0 Å². The third-order valence-electron chi connectivity index (χ3n) is 5.22. The molecule has 0 fully saturated rings. The number of carbonyl (C=O) groups is 1. The molecule has 1 amide bonds. The molecule has 3 aromatic heterocycles. The average Bonchev–Trinajstić information content (AvgIpc) is 3.52. The molecule has 6 nitrogen and oxygen atoms in total. The molecule has 1 N–H and O–H groups in total. The Balaban J connectivity index is 1.34. The Morgan fingerprint density at radius 1 is 1.12 bits per heavy atom. The molecule has 0 bridgehead atoms. The van der Waals surface area contributed by atoms with Gasteiger partial charge in [-0.2, -0.15) is 5.10 Å². The Morgan fingerprint density at radius 2 is 1.97 bits per heavy atom. The van der Waals surface area contributed by atoms with Gasteiger partial charge in [-0.25, -0.2) is 9.67 Å². The molecule has 3 heterocycles. The summed E-state index contributed by atoms with van der Waals surface area (Å²) in [5, 5.41) is 9.24. The fourth-order valence-electron chi connectivity index (χ4n) is 3.64. The maximum atomic E-state index is 12.9. The molecule has 0 aliphatic rings. The van der Waals surface area contributed by atoms with Gasteiger partial charge in [-0.05, 0) is 36.2 Å². The molecule has 8 heteroatoms. The van der Waals surface area contributed by atoms with E-state index in [1.165, 1.54) is 11.3 Å². The quantitative estimate of drug-likeness (QED) is 0.377. The van der Waals surface area contributed by atoms with Crippen molar-refractivity contribution >= 4 is 39.1 Å². The zero-order valence-electron chi connectivity index (χ0n) is 17.3. The SMILES string of the molecule is Cc1nn(-c2ccccc2Cl)c2sc(C(=O)NCc3cccc(Cn4ccnc4)c3)cc12. The molecule has 32 heavy (non-hydrogen) atoms. The number of para-hydroxylation sites is 1. The van der Waals surface area contributed by atoms with E-state index in [0.717, 1.165) is 39.3 Å². The molecule has 0 radical (unpaired) electrons. The van der Waals surface area contributed by atoms with Crippen LogP contribution in [0, 0.1) is 6.92 Å². The predicted molar refractivity (Wildman–Crippen MR) is 128 cm³/mol. The zero-order valence-corrected chi connectivity index (χ0v) is 18.9. The van der Waals surface area contributed by atoms with Gasteiger partial charge in [0.1, 0.15) is 4.83 Å². The highest BCUT2D eigenvalue weighted by Gasteiger charge is 2.18. The highest BCUT2D eigenvalue weighted by Crippen LogP contribution is 2.32. The Bertz CT molecular complexity index is 1400. The van der Waals surface area contributed by atoms with Gasteiger partial charge in [0, 0.05) is 30.9 Å². The van der Waals surface area contributed by atoms with Crippen molar-refractivity contribution in [2.75, 3.05) is 0 Å². The van der Waals surface area contributed by atoms with E-state index in [1.807, 2.05) is 64.8 Å². The minimum atomic E-state index is -0.101. The van der Waals surface area contributed by atoms with Gasteiger partial charge in [0.25, 0.3) is 5.91 Å². The number of aryl methyl sites for hydroxylation is 1. The second kappa shape index (κ2) is 8.61. The standard InChI is InChI=1S/C24H20ClN5OS/c1-16-19-12-22(32-24(19)30(28-16)21-8-3-2-7-20(21)25)23(31)27-13-17-5-4-6-18(11-17)14-29-10-9-26-15-29/h2-12,15H,13-14H2,1H3,(H,27,31). The van der Waals surface area contributed by atoms with Crippen LogP contribution in [0.5, 0.6) is 0 Å². The number of imidazole rings is 1. The van der Waals surface area contributed by atoms with Crippen LogP contribution in [0.4, 0.5) is 0 Å². The smallest absolute Gasteiger partial charge is 0.261 e. The van der Waals surface area contributed by atoms with Gasteiger partial charge in [0.15, 0.2) is 0 Å².